The van der Waals surface area contributed by atoms with Crippen LogP contribution < -0.4 is 0 Å². The molecule has 0 aliphatic heterocycles. The van der Waals surface area contributed by atoms with Gasteiger partial charge in [0.15, 0.2) is 0 Å². The quantitative estimate of drug-likeness (QED) is 0.495. The van der Waals surface area contributed by atoms with Crippen molar-refractivity contribution in [2.75, 3.05) is 13.1 Å². The maximum Gasteiger partial charge on any atom is 0.315 e. The first-order valence-electron chi connectivity index (χ1n) is 4.96. The zero-order chi connectivity index (χ0) is 11.1. The van der Waals surface area contributed by atoms with Gasteiger partial charge in [0.05, 0.1) is 6.42 Å². The highest BCUT2D eigenvalue weighted by molar-refractivity contribution is 5.84. The molecule has 0 saturated carbocycles. The molecule has 0 aromatic rings. The lowest BCUT2D eigenvalue weighted by atomic mass is 10.2. The molecule has 14 heavy (non-hydrogen) atoms. The summed E-state index contributed by atoms with van der Waals surface area (Å²) in [7, 11) is 0. The monoisotopic (exact) mass is 201 g/mol. The smallest absolute Gasteiger partial charge is 0.315 e. The van der Waals surface area contributed by atoms with E-state index in [0.29, 0.717) is 0 Å². The zero-order valence-corrected chi connectivity index (χ0v) is 9.37. The second-order valence-corrected chi connectivity index (χ2v) is 3.24. The average Bonchev–Trinajstić information content (AvgIpc) is 2.04. The second-order valence-electron chi connectivity index (χ2n) is 3.24. The molecule has 0 fully saturated rings. The van der Waals surface area contributed by atoms with Gasteiger partial charge in [-0.2, -0.15) is 0 Å². The molecule has 1 unspecified atom stereocenters. The highest BCUT2D eigenvalue weighted by atomic mass is 16.6. The van der Waals surface area contributed by atoms with Crippen LogP contribution in [0.5, 0.6) is 0 Å². The summed E-state index contributed by atoms with van der Waals surface area (Å²) in [6.07, 6.45) is 0.265. The number of carbonyl (C=O) groups is 2. The Kier molecular flexibility index (Phi) is 6.12. The van der Waals surface area contributed by atoms with Crippen LogP contribution in [0.1, 0.15) is 34.1 Å². The van der Waals surface area contributed by atoms with Gasteiger partial charge in [-0.3, -0.25) is 9.59 Å². The van der Waals surface area contributed by atoms with E-state index in [1.54, 1.807) is 0 Å². The number of carbonyl (C=O) groups excluding carboxylic acids is 2. The van der Waals surface area contributed by atoms with Crippen molar-refractivity contribution in [3.05, 3.63) is 0 Å². The summed E-state index contributed by atoms with van der Waals surface area (Å²) in [5, 5.41) is 0. The molecule has 0 aromatic carbocycles. The van der Waals surface area contributed by atoms with Crippen molar-refractivity contribution in [1.29, 1.82) is 0 Å². The summed E-state index contributed by atoms with van der Waals surface area (Å²) >= 11 is 0. The summed E-state index contributed by atoms with van der Waals surface area (Å²) in [5.41, 5.74) is 0. The van der Waals surface area contributed by atoms with Crippen LogP contribution in [0.15, 0.2) is 0 Å². The molecule has 0 N–H and O–H groups in total. The van der Waals surface area contributed by atoms with Crippen LogP contribution in [0, 0.1) is 0 Å². The minimum atomic E-state index is -0.540. The van der Waals surface area contributed by atoms with Gasteiger partial charge in [-0.25, -0.2) is 0 Å². The zero-order valence-electron chi connectivity index (χ0n) is 9.37. The summed E-state index contributed by atoms with van der Waals surface area (Å²) in [6, 6.07) is 0.122. The maximum absolute atomic E-state index is 11.1. The fraction of sp³-hybridized carbons (Fsp3) is 0.800. The Labute approximate surface area is 85.2 Å². The van der Waals surface area contributed by atoms with Gasteiger partial charge in [0.1, 0.15) is 0 Å². The van der Waals surface area contributed by atoms with E-state index in [1.165, 1.54) is 6.92 Å². The van der Waals surface area contributed by atoms with Gasteiger partial charge < -0.3 is 9.64 Å². The SMILES string of the molecule is CCN(CC)C(C)CC(=O)OC(C)=O. The number of esters is 2. The Bertz CT molecular complexity index is 200. The number of ether oxygens (including phenoxy) is 1. The third kappa shape index (κ3) is 4.97. The van der Waals surface area contributed by atoms with Crippen LogP contribution >= 0.6 is 0 Å². The van der Waals surface area contributed by atoms with E-state index in [2.05, 4.69) is 9.64 Å². The van der Waals surface area contributed by atoms with Crippen LogP contribution in [0.25, 0.3) is 0 Å². The third-order valence-corrected chi connectivity index (χ3v) is 2.16. The number of nitrogens with zero attached hydrogens (tertiary/aromatic N) is 1. The molecule has 4 nitrogen and oxygen atoms in total. The summed E-state index contributed by atoms with van der Waals surface area (Å²) in [4.78, 5) is 23.8. The van der Waals surface area contributed by atoms with Gasteiger partial charge in [0, 0.05) is 13.0 Å². The molecule has 0 rings (SSSR count). The van der Waals surface area contributed by atoms with Gasteiger partial charge >= 0.3 is 11.9 Å². The minimum Gasteiger partial charge on any atom is -0.393 e. The van der Waals surface area contributed by atoms with E-state index in [-0.39, 0.29) is 12.5 Å². The molecular weight excluding hydrogens is 182 g/mol. The lowest BCUT2D eigenvalue weighted by Crippen LogP contribution is -2.34. The van der Waals surface area contributed by atoms with Gasteiger partial charge in [-0.05, 0) is 20.0 Å². The summed E-state index contributed by atoms with van der Waals surface area (Å²) in [6.45, 7) is 9.05. The highest BCUT2D eigenvalue weighted by Crippen LogP contribution is 2.04. The normalized spacial score (nSPS) is 12.6. The molecule has 0 aromatic heterocycles. The van der Waals surface area contributed by atoms with E-state index in [9.17, 15) is 9.59 Å². The Morgan fingerprint density at radius 2 is 1.79 bits per heavy atom. The second kappa shape index (κ2) is 6.54. The standard InChI is InChI=1S/C10H19NO3/c1-5-11(6-2)8(3)7-10(13)14-9(4)12/h8H,5-7H2,1-4H3. The first-order valence-corrected chi connectivity index (χ1v) is 4.96. The summed E-state index contributed by atoms with van der Waals surface area (Å²) in [5.74, 6) is -0.987. The van der Waals surface area contributed by atoms with Gasteiger partial charge in [0.25, 0.3) is 0 Å². The van der Waals surface area contributed by atoms with Crippen LogP contribution in [-0.2, 0) is 14.3 Å². The molecule has 0 saturated heterocycles. The topological polar surface area (TPSA) is 46.6 Å². The number of hydrogen-bond acceptors (Lipinski definition) is 4. The lowest BCUT2D eigenvalue weighted by Gasteiger charge is -2.25. The van der Waals surface area contributed by atoms with Crippen molar-refractivity contribution < 1.29 is 14.3 Å². The molecule has 1 atom stereocenters. The van der Waals surface area contributed by atoms with Crippen molar-refractivity contribution in [1.82, 2.24) is 4.90 Å². The van der Waals surface area contributed by atoms with E-state index >= 15 is 0 Å². The predicted molar refractivity (Wildman–Crippen MR) is 53.8 cm³/mol. The number of rotatable bonds is 5. The van der Waals surface area contributed by atoms with Crippen LogP contribution in [0.2, 0.25) is 0 Å². The largest absolute Gasteiger partial charge is 0.393 e. The van der Waals surface area contributed by atoms with Crippen molar-refractivity contribution in [2.24, 2.45) is 0 Å². The van der Waals surface area contributed by atoms with Gasteiger partial charge in [-0.1, -0.05) is 13.8 Å². The highest BCUT2D eigenvalue weighted by Gasteiger charge is 2.16. The van der Waals surface area contributed by atoms with E-state index in [4.69, 9.17) is 0 Å². The van der Waals surface area contributed by atoms with Crippen molar-refractivity contribution in [3.63, 3.8) is 0 Å². The van der Waals surface area contributed by atoms with Crippen LogP contribution in [-0.4, -0.2) is 36.0 Å². The van der Waals surface area contributed by atoms with Crippen molar-refractivity contribution >= 4 is 11.9 Å². The van der Waals surface area contributed by atoms with Crippen molar-refractivity contribution in [3.8, 4) is 0 Å². The molecule has 0 aliphatic rings. The van der Waals surface area contributed by atoms with Crippen LogP contribution in [0.4, 0.5) is 0 Å². The summed E-state index contributed by atoms with van der Waals surface area (Å²) < 4.78 is 4.46. The van der Waals surface area contributed by atoms with E-state index < -0.39 is 11.9 Å². The first-order chi connectivity index (χ1) is 6.51. The third-order valence-electron chi connectivity index (χ3n) is 2.16. The molecule has 0 heterocycles. The fourth-order valence-electron chi connectivity index (χ4n) is 1.42. The molecule has 0 radical (unpaired) electrons. The van der Waals surface area contributed by atoms with E-state index in [1.807, 2.05) is 20.8 Å². The van der Waals surface area contributed by atoms with E-state index in [0.717, 1.165) is 13.1 Å². The Balaban J connectivity index is 3.97. The molecule has 0 aliphatic carbocycles. The predicted octanol–water partition coefficient (Wildman–Crippen LogP) is 1.20. The Hall–Kier alpha value is -0.900. The molecular formula is C10H19NO3. The maximum atomic E-state index is 11.1. The van der Waals surface area contributed by atoms with Crippen molar-refractivity contribution in [2.45, 2.75) is 40.2 Å². The minimum absolute atomic E-state index is 0.122. The number of hydrogen-bond donors (Lipinski definition) is 0. The molecule has 4 heteroatoms. The lowest BCUT2D eigenvalue weighted by molar-refractivity contribution is -0.158. The molecule has 0 amide bonds. The van der Waals surface area contributed by atoms with Gasteiger partial charge in [0.2, 0.25) is 0 Å². The average molecular weight is 201 g/mol. The van der Waals surface area contributed by atoms with Crippen LogP contribution in [0.3, 0.4) is 0 Å². The molecule has 0 spiro atoms. The fourth-order valence-corrected chi connectivity index (χ4v) is 1.42. The first kappa shape index (κ1) is 13.1. The van der Waals surface area contributed by atoms with Gasteiger partial charge in [-0.15, -0.1) is 0 Å². The Morgan fingerprint density at radius 1 is 1.29 bits per heavy atom. The molecule has 0 bridgehead atoms. The Morgan fingerprint density at radius 3 is 2.14 bits per heavy atom. The molecule has 82 valence electrons.